The summed E-state index contributed by atoms with van der Waals surface area (Å²) < 4.78 is 5.75. The van der Waals surface area contributed by atoms with E-state index in [9.17, 15) is 4.79 Å². The minimum atomic E-state index is -0.0182. The van der Waals surface area contributed by atoms with E-state index in [1.165, 1.54) is 17.8 Å². The van der Waals surface area contributed by atoms with Gasteiger partial charge in [0.1, 0.15) is 5.75 Å². The lowest BCUT2D eigenvalue weighted by molar-refractivity contribution is 0.0935. The van der Waals surface area contributed by atoms with Crippen LogP contribution in [-0.4, -0.2) is 24.0 Å². The third kappa shape index (κ3) is 3.22. The maximum absolute atomic E-state index is 12.4. The van der Waals surface area contributed by atoms with Crippen LogP contribution in [0.15, 0.2) is 36.4 Å². The summed E-state index contributed by atoms with van der Waals surface area (Å²) in [4.78, 5) is 13.1. The number of nitrogens with one attached hydrogen (secondary N) is 2. The molecule has 0 aliphatic carbocycles. The summed E-state index contributed by atoms with van der Waals surface area (Å²) in [5.41, 5.74) is 0. The Kier molecular flexibility index (Phi) is 4.01. The third-order valence-corrected chi connectivity index (χ3v) is 5.63. The predicted octanol–water partition coefficient (Wildman–Crippen LogP) is 3.82. The second-order valence-electron chi connectivity index (χ2n) is 6.04. The van der Waals surface area contributed by atoms with E-state index < -0.39 is 0 Å². The second-order valence-corrected chi connectivity index (χ2v) is 7.52. The van der Waals surface area contributed by atoms with Gasteiger partial charge < -0.3 is 15.4 Å². The SMILES string of the molecule is O=C(N[C@@H]1C[C@H]2CC[C@@H]1N2)c1ccc(Oc2cccc(Cl)c2)s1. The number of halogens is 1. The topological polar surface area (TPSA) is 50.4 Å². The molecule has 4 nitrogen and oxygen atoms in total. The molecule has 2 N–H and O–H groups in total. The normalized spacial score (nSPS) is 25.5. The number of thiophene rings is 1. The zero-order valence-electron chi connectivity index (χ0n) is 12.4. The molecule has 6 heteroatoms. The molecule has 3 atom stereocenters. The van der Waals surface area contributed by atoms with E-state index in [1.54, 1.807) is 18.2 Å². The number of fused-ring (bicyclic) bond motifs is 2. The number of hydrogen-bond acceptors (Lipinski definition) is 4. The highest BCUT2D eigenvalue weighted by molar-refractivity contribution is 7.15. The van der Waals surface area contributed by atoms with Gasteiger partial charge in [-0.05, 0) is 49.6 Å². The molecule has 4 rings (SSSR count). The van der Waals surface area contributed by atoms with Gasteiger partial charge in [0.2, 0.25) is 0 Å². The number of carbonyl (C=O) groups excluding carboxylic acids is 1. The van der Waals surface area contributed by atoms with Gasteiger partial charge in [-0.15, -0.1) is 0 Å². The van der Waals surface area contributed by atoms with E-state index in [2.05, 4.69) is 10.6 Å². The Morgan fingerprint density at radius 2 is 2.22 bits per heavy atom. The number of benzene rings is 1. The van der Waals surface area contributed by atoms with Gasteiger partial charge in [0, 0.05) is 23.1 Å². The van der Waals surface area contributed by atoms with Crippen LogP contribution in [0.1, 0.15) is 28.9 Å². The lowest BCUT2D eigenvalue weighted by atomic mass is 9.95. The fraction of sp³-hybridized carbons (Fsp3) is 0.353. The molecule has 2 aliphatic rings. The van der Waals surface area contributed by atoms with E-state index in [0.717, 1.165) is 12.8 Å². The summed E-state index contributed by atoms with van der Waals surface area (Å²) in [5.74, 6) is 0.652. The van der Waals surface area contributed by atoms with Crippen LogP contribution in [0, 0.1) is 0 Å². The number of ether oxygens (including phenoxy) is 1. The average molecular weight is 349 g/mol. The van der Waals surface area contributed by atoms with Crippen molar-refractivity contribution in [3.8, 4) is 10.8 Å². The summed E-state index contributed by atoms with van der Waals surface area (Å²) in [6.07, 6.45) is 3.42. The number of rotatable bonds is 4. The monoisotopic (exact) mass is 348 g/mol. The Morgan fingerprint density at radius 3 is 2.96 bits per heavy atom. The first-order chi connectivity index (χ1) is 11.2. The lowest BCUT2D eigenvalue weighted by Gasteiger charge is -2.20. The summed E-state index contributed by atoms with van der Waals surface area (Å²) >= 11 is 7.29. The summed E-state index contributed by atoms with van der Waals surface area (Å²) in [7, 11) is 0. The molecule has 1 aromatic carbocycles. The van der Waals surface area contributed by atoms with Crippen LogP contribution in [0.25, 0.3) is 0 Å². The Bertz CT molecular complexity index is 733. The molecule has 0 radical (unpaired) electrons. The van der Waals surface area contributed by atoms with E-state index in [0.29, 0.717) is 32.8 Å². The molecule has 1 aromatic heterocycles. The Balaban J connectivity index is 1.40. The molecule has 0 spiro atoms. The van der Waals surface area contributed by atoms with Crippen molar-refractivity contribution in [3.05, 3.63) is 46.3 Å². The van der Waals surface area contributed by atoms with E-state index in [4.69, 9.17) is 16.3 Å². The predicted molar refractivity (Wildman–Crippen MR) is 91.7 cm³/mol. The maximum atomic E-state index is 12.4. The fourth-order valence-electron chi connectivity index (χ4n) is 3.37. The standard InChI is InChI=1S/C17H17ClN2O2S/c18-10-2-1-3-12(8-10)22-16-7-6-15(23-16)17(21)20-14-9-11-4-5-13(14)19-11/h1-3,6-8,11,13-14,19H,4-5,9H2,(H,20,21)/t11-,13+,14-/m1/s1. The second kappa shape index (κ2) is 6.15. The first-order valence-corrected chi connectivity index (χ1v) is 8.97. The molecular weight excluding hydrogens is 332 g/mol. The molecule has 2 aliphatic heterocycles. The smallest absolute Gasteiger partial charge is 0.261 e. The van der Waals surface area contributed by atoms with Crippen LogP contribution in [0.2, 0.25) is 5.02 Å². The minimum Gasteiger partial charge on any atom is -0.447 e. The van der Waals surface area contributed by atoms with Gasteiger partial charge in [-0.3, -0.25) is 4.79 Å². The molecule has 2 saturated heterocycles. The van der Waals surface area contributed by atoms with Crippen molar-refractivity contribution in [2.75, 3.05) is 0 Å². The van der Waals surface area contributed by atoms with E-state index >= 15 is 0 Å². The highest BCUT2D eigenvalue weighted by Gasteiger charge is 2.39. The van der Waals surface area contributed by atoms with Crippen LogP contribution < -0.4 is 15.4 Å². The molecule has 2 fully saturated rings. The van der Waals surface area contributed by atoms with Gasteiger partial charge in [-0.1, -0.05) is 29.0 Å². The zero-order chi connectivity index (χ0) is 15.8. The molecule has 3 heterocycles. The van der Waals surface area contributed by atoms with Crippen LogP contribution in [-0.2, 0) is 0 Å². The summed E-state index contributed by atoms with van der Waals surface area (Å²) in [5, 5.41) is 7.98. The quantitative estimate of drug-likeness (QED) is 0.883. The van der Waals surface area contributed by atoms with Crippen molar-refractivity contribution in [1.82, 2.24) is 10.6 Å². The number of amides is 1. The fourth-order valence-corrected chi connectivity index (χ4v) is 4.33. The molecule has 23 heavy (non-hydrogen) atoms. The Labute approximate surface area is 143 Å². The average Bonchev–Trinajstić information content (AvgIpc) is 3.23. The van der Waals surface area contributed by atoms with Crippen molar-refractivity contribution >= 4 is 28.8 Å². The number of hydrogen-bond donors (Lipinski definition) is 2. The highest BCUT2D eigenvalue weighted by atomic mass is 35.5. The van der Waals surface area contributed by atoms with Crippen molar-refractivity contribution in [2.24, 2.45) is 0 Å². The van der Waals surface area contributed by atoms with Gasteiger partial charge >= 0.3 is 0 Å². The van der Waals surface area contributed by atoms with Crippen molar-refractivity contribution in [3.63, 3.8) is 0 Å². The van der Waals surface area contributed by atoms with Gasteiger partial charge in [0.05, 0.1) is 4.88 Å². The van der Waals surface area contributed by atoms with Gasteiger partial charge in [-0.2, -0.15) is 0 Å². The maximum Gasteiger partial charge on any atom is 0.261 e. The highest BCUT2D eigenvalue weighted by Crippen LogP contribution is 2.32. The molecule has 2 aromatic rings. The van der Waals surface area contributed by atoms with E-state index in [1.807, 2.05) is 18.2 Å². The van der Waals surface area contributed by atoms with Crippen molar-refractivity contribution in [2.45, 2.75) is 37.4 Å². The van der Waals surface area contributed by atoms with Crippen LogP contribution in [0.3, 0.4) is 0 Å². The van der Waals surface area contributed by atoms with E-state index in [-0.39, 0.29) is 11.9 Å². The molecule has 0 unspecified atom stereocenters. The molecule has 0 saturated carbocycles. The number of carbonyl (C=O) groups is 1. The van der Waals surface area contributed by atoms with Gasteiger partial charge in [0.15, 0.2) is 5.06 Å². The first-order valence-electron chi connectivity index (χ1n) is 7.77. The van der Waals surface area contributed by atoms with Crippen LogP contribution in [0.5, 0.6) is 10.8 Å². The van der Waals surface area contributed by atoms with Crippen molar-refractivity contribution in [1.29, 1.82) is 0 Å². The Hall–Kier alpha value is -1.56. The Morgan fingerprint density at radius 1 is 1.30 bits per heavy atom. The molecule has 120 valence electrons. The zero-order valence-corrected chi connectivity index (χ0v) is 14.0. The minimum absolute atomic E-state index is 0.0182. The molecule has 1 amide bonds. The lowest BCUT2D eigenvalue weighted by Crippen LogP contribution is -2.42. The summed E-state index contributed by atoms with van der Waals surface area (Å²) in [6, 6.07) is 12.1. The van der Waals surface area contributed by atoms with Crippen LogP contribution >= 0.6 is 22.9 Å². The van der Waals surface area contributed by atoms with Gasteiger partial charge in [0.25, 0.3) is 5.91 Å². The first kappa shape index (κ1) is 15.0. The molecular formula is C17H17ClN2O2S. The van der Waals surface area contributed by atoms with Gasteiger partial charge in [-0.25, -0.2) is 0 Å². The summed E-state index contributed by atoms with van der Waals surface area (Å²) in [6.45, 7) is 0. The van der Waals surface area contributed by atoms with Crippen LogP contribution in [0.4, 0.5) is 0 Å². The third-order valence-electron chi connectivity index (χ3n) is 4.44. The van der Waals surface area contributed by atoms with Crippen molar-refractivity contribution < 1.29 is 9.53 Å². The molecule has 2 bridgehead atoms. The largest absolute Gasteiger partial charge is 0.447 e.